The molecule has 1 amide bonds. The number of carboxylic acids is 1. The first kappa shape index (κ1) is 30.3. The van der Waals surface area contributed by atoms with Gasteiger partial charge in [0.05, 0.1) is 24.4 Å². The van der Waals surface area contributed by atoms with Crippen LogP contribution < -0.4 is 5.32 Å². The van der Waals surface area contributed by atoms with Crippen LogP contribution in [0.5, 0.6) is 0 Å². The molecule has 3 N–H and O–H groups in total. The van der Waals surface area contributed by atoms with Crippen LogP contribution in [0.4, 0.5) is 5.69 Å². The maximum atomic E-state index is 12.3. The van der Waals surface area contributed by atoms with Crippen LogP contribution >= 0.6 is 11.8 Å². The van der Waals surface area contributed by atoms with E-state index in [1.54, 1.807) is 48.2 Å². The lowest BCUT2D eigenvalue weighted by molar-refractivity contribution is -0.268. The summed E-state index contributed by atoms with van der Waals surface area (Å²) in [4.78, 5) is 35.6. The highest BCUT2D eigenvalue weighted by molar-refractivity contribution is 7.99. The smallest absolute Gasteiger partial charge is 0.335 e. The molecule has 1 saturated heterocycles. The Morgan fingerprint density at radius 1 is 0.951 bits per heavy atom. The van der Waals surface area contributed by atoms with Crippen molar-refractivity contribution in [2.45, 2.75) is 56.9 Å². The Balaban J connectivity index is 1.51. The molecular formula is C31H33NO8S. The van der Waals surface area contributed by atoms with Crippen molar-refractivity contribution < 1.29 is 38.8 Å². The summed E-state index contributed by atoms with van der Waals surface area (Å²) in [6.07, 6.45) is -2.09. The zero-order valence-electron chi connectivity index (χ0n) is 23.0. The number of nitrogens with one attached hydrogen (secondary N) is 1. The number of aliphatic hydroxyl groups excluding tert-OH is 1. The fourth-order valence-electron chi connectivity index (χ4n) is 4.45. The Morgan fingerprint density at radius 3 is 2.17 bits per heavy atom. The molecule has 1 aliphatic heterocycles. The minimum atomic E-state index is -0.967. The van der Waals surface area contributed by atoms with Gasteiger partial charge >= 0.3 is 11.9 Å². The molecule has 1 heterocycles. The summed E-state index contributed by atoms with van der Waals surface area (Å²) in [5, 5.41) is 21.4. The average Bonchev–Trinajstić information content (AvgIpc) is 2.97. The molecule has 0 aliphatic carbocycles. The first-order chi connectivity index (χ1) is 19.6. The first-order valence-electron chi connectivity index (χ1n) is 13.2. The number of ether oxygens (including phenoxy) is 3. The van der Waals surface area contributed by atoms with Crippen molar-refractivity contribution >= 4 is 35.3 Å². The Labute approximate surface area is 242 Å². The highest BCUT2D eigenvalue weighted by Crippen LogP contribution is 2.43. The SMILES string of the molecule is CC(=O)OC(C)C(=O)Nc1ccc(C2OC(CSc3ccc(C(=O)O)cc3)C(C)C(c3ccc(CO)cc3)O2)cc1. The number of benzene rings is 3. The second-order valence-electron chi connectivity index (χ2n) is 9.83. The number of carboxylic acid groups (broad SMARTS) is 1. The predicted molar refractivity (Wildman–Crippen MR) is 153 cm³/mol. The van der Waals surface area contributed by atoms with Crippen molar-refractivity contribution in [1.82, 2.24) is 0 Å². The molecule has 9 nitrogen and oxygen atoms in total. The predicted octanol–water partition coefficient (Wildman–Crippen LogP) is 5.35. The first-order valence-corrected chi connectivity index (χ1v) is 14.2. The summed E-state index contributed by atoms with van der Waals surface area (Å²) < 4.78 is 17.8. The molecule has 3 aromatic carbocycles. The molecule has 4 rings (SSSR count). The van der Waals surface area contributed by atoms with Crippen LogP contribution in [0.2, 0.25) is 0 Å². The van der Waals surface area contributed by atoms with E-state index in [1.165, 1.54) is 13.8 Å². The van der Waals surface area contributed by atoms with Gasteiger partial charge in [0.25, 0.3) is 5.91 Å². The number of aromatic carboxylic acids is 1. The van der Waals surface area contributed by atoms with Crippen LogP contribution in [0.15, 0.2) is 77.7 Å². The maximum absolute atomic E-state index is 12.3. The number of anilines is 1. The van der Waals surface area contributed by atoms with Crippen LogP contribution in [0.25, 0.3) is 0 Å². The van der Waals surface area contributed by atoms with Crippen molar-refractivity contribution in [3.05, 3.63) is 95.1 Å². The number of aliphatic hydroxyl groups is 1. The Kier molecular flexibility index (Phi) is 10.2. The second-order valence-corrected chi connectivity index (χ2v) is 10.9. The summed E-state index contributed by atoms with van der Waals surface area (Å²) >= 11 is 1.58. The van der Waals surface area contributed by atoms with Crippen LogP contribution in [0, 0.1) is 5.92 Å². The van der Waals surface area contributed by atoms with E-state index >= 15 is 0 Å². The van der Waals surface area contributed by atoms with Crippen LogP contribution in [0.1, 0.15) is 60.2 Å². The van der Waals surface area contributed by atoms with E-state index in [1.807, 2.05) is 36.4 Å². The number of rotatable bonds is 10. The third-order valence-corrected chi connectivity index (χ3v) is 7.90. The molecule has 216 valence electrons. The standard InChI is InChI=1S/C31H33NO8S/c1-18-27(17-41-26-14-10-23(11-15-26)30(36)37)39-31(40-28(18)22-6-4-21(16-33)5-7-22)24-8-12-25(13-9-24)32-29(35)19(2)38-20(3)34/h4-15,18-19,27-28,31,33H,16-17H2,1-3H3,(H,32,35)(H,36,37). The molecule has 41 heavy (non-hydrogen) atoms. The number of carbonyl (C=O) groups is 3. The van der Waals surface area contributed by atoms with E-state index in [-0.39, 0.29) is 30.3 Å². The van der Waals surface area contributed by atoms with Gasteiger partial charge in [-0.15, -0.1) is 11.8 Å². The molecule has 3 aromatic rings. The quantitative estimate of drug-likeness (QED) is 0.215. The van der Waals surface area contributed by atoms with Gasteiger partial charge in [-0.2, -0.15) is 0 Å². The van der Waals surface area contributed by atoms with Crippen LogP contribution in [-0.4, -0.2) is 46.0 Å². The van der Waals surface area contributed by atoms with E-state index in [0.717, 1.165) is 21.6 Å². The van der Waals surface area contributed by atoms with Crippen LogP contribution in [-0.2, 0) is 30.4 Å². The van der Waals surface area contributed by atoms with Gasteiger partial charge < -0.3 is 29.7 Å². The van der Waals surface area contributed by atoms with Gasteiger partial charge in [-0.1, -0.05) is 43.3 Å². The number of thioether (sulfide) groups is 1. The minimum absolute atomic E-state index is 0.0154. The molecule has 10 heteroatoms. The monoisotopic (exact) mass is 579 g/mol. The van der Waals surface area contributed by atoms with Gasteiger partial charge in [0.2, 0.25) is 0 Å². The number of esters is 1. The molecular weight excluding hydrogens is 546 g/mol. The summed E-state index contributed by atoms with van der Waals surface area (Å²) in [6.45, 7) is 4.78. The fraction of sp³-hybridized carbons (Fsp3) is 0.323. The number of carbonyl (C=O) groups excluding carboxylic acids is 2. The van der Waals surface area contributed by atoms with Crippen molar-refractivity contribution in [2.75, 3.05) is 11.1 Å². The number of hydrogen-bond acceptors (Lipinski definition) is 8. The molecule has 0 radical (unpaired) electrons. The molecule has 0 aromatic heterocycles. The van der Waals surface area contributed by atoms with Gasteiger partial charge in [-0.25, -0.2) is 4.79 Å². The lowest BCUT2D eigenvalue weighted by Crippen LogP contribution is -2.38. The highest BCUT2D eigenvalue weighted by Gasteiger charge is 2.38. The van der Waals surface area contributed by atoms with Crippen molar-refractivity contribution in [2.24, 2.45) is 5.92 Å². The molecule has 1 aliphatic rings. The van der Waals surface area contributed by atoms with Gasteiger partial charge in [0, 0.05) is 34.7 Å². The fourth-order valence-corrected chi connectivity index (χ4v) is 5.52. The topological polar surface area (TPSA) is 131 Å². The number of amides is 1. The Hall–Kier alpha value is -3.70. The lowest BCUT2D eigenvalue weighted by Gasteiger charge is -2.41. The molecule has 0 saturated carbocycles. The molecule has 0 spiro atoms. The summed E-state index contributed by atoms with van der Waals surface area (Å²) in [5.74, 6) is -1.34. The van der Waals surface area contributed by atoms with E-state index in [2.05, 4.69) is 12.2 Å². The average molecular weight is 580 g/mol. The van der Waals surface area contributed by atoms with Crippen LogP contribution in [0.3, 0.4) is 0 Å². The lowest BCUT2D eigenvalue weighted by atomic mass is 9.91. The van der Waals surface area contributed by atoms with Crippen molar-refractivity contribution in [3.63, 3.8) is 0 Å². The third-order valence-electron chi connectivity index (χ3n) is 6.80. The molecule has 5 atom stereocenters. The third kappa shape index (κ3) is 7.95. The van der Waals surface area contributed by atoms with E-state index in [4.69, 9.17) is 14.2 Å². The maximum Gasteiger partial charge on any atom is 0.335 e. The second kappa shape index (κ2) is 13.8. The van der Waals surface area contributed by atoms with Gasteiger partial charge in [-0.3, -0.25) is 9.59 Å². The van der Waals surface area contributed by atoms with Crippen molar-refractivity contribution in [1.29, 1.82) is 0 Å². The zero-order valence-corrected chi connectivity index (χ0v) is 23.8. The minimum Gasteiger partial charge on any atom is -0.478 e. The summed E-state index contributed by atoms with van der Waals surface area (Å²) in [5.41, 5.74) is 3.31. The van der Waals surface area contributed by atoms with E-state index in [9.17, 15) is 24.6 Å². The molecule has 5 unspecified atom stereocenters. The van der Waals surface area contributed by atoms with Crippen molar-refractivity contribution in [3.8, 4) is 0 Å². The molecule has 0 bridgehead atoms. The van der Waals surface area contributed by atoms with E-state index < -0.39 is 30.2 Å². The molecule has 1 fully saturated rings. The van der Waals surface area contributed by atoms with Gasteiger partial charge in [0.1, 0.15) is 0 Å². The summed E-state index contributed by atoms with van der Waals surface area (Å²) in [7, 11) is 0. The Bertz CT molecular complexity index is 1340. The number of hydrogen-bond donors (Lipinski definition) is 3. The summed E-state index contributed by atoms with van der Waals surface area (Å²) in [6, 6.07) is 21.5. The Morgan fingerprint density at radius 2 is 1.59 bits per heavy atom. The van der Waals surface area contributed by atoms with Gasteiger partial charge in [0.15, 0.2) is 12.4 Å². The van der Waals surface area contributed by atoms with E-state index in [0.29, 0.717) is 11.4 Å². The largest absolute Gasteiger partial charge is 0.478 e. The highest BCUT2D eigenvalue weighted by atomic mass is 32.2. The van der Waals surface area contributed by atoms with Gasteiger partial charge in [-0.05, 0) is 54.4 Å². The normalized spacial score (nSPS) is 21.1. The zero-order chi connectivity index (χ0) is 29.5.